The van der Waals surface area contributed by atoms with Gasteiger partial charge in [0.1, 0.15) is 0 Å². The zero-order valence-electron chi connectivity index (χ0n) is 63.1. The van der Waals surface area contributed by atoms with Gasteiger partial charge >= 0.3 is 0 Å². The van der Waals surface area contributed by atoms with Gasteiger partial charge in [0.25, 0.3) is 11.4 Å². The monoisotopic (exact) mass is 1560 g/mol. The first-order valence-electron chi connectivity index (χ1n) is 38.7. The van der Waals surface area contributed by atoms with E-state index in [4.69, 9.17) is 13.1 Å². The van der Waals surface area contributed by atoms with E-state index in [2.05, 4.69) is 159 Å². The van der Waals surface area contributed by atoms with E-state index in [1.54, 1.807) is 34.8 Å². The molecule has 6 heterocycles. The Hall–Kier alpha value is -9.58. The molecule has 0 unspecified atom stereocenters. The van der Waals surface area contributed by atoms with Crippen LogP contribution in [-0.2, 0) is 36.5 Å². The van der Waals surface area contributed by atoms with Crippen LogP contribution in [0.25, 0.3) is 80.7 Å². The molecule has 6 nitrogen and oxygen atoms in total. The molecule has 6 aromatic carbocycles. The fraction of sp³-hybridized carbons (Fsp3) is 0.292. The van der Waals surface area contributed by atoms with Crippen molar-refractivity contribution < 1.29 is 18.4 Å². The second kappa shape index (κ2) is 34.0. The Bertz CT molecular complexity index is 5310. The van der Waals surface area contributed by atoms with Gasteiger partial charge in [0.2, 0.25) is 0 Å². The molecule has 16 rings (SSSR count). The number of Topliss-reactive ketones (excluding diaryl/α,β-unsaturated/α-hetero) is 2. The van der Waals surface area contributed by atoms with Crippen LogP contribution in [0, 0.1) is 35.8 Å². The second-order valence-electron chi connectivity index (χ2n) is 28.9. The molecule has 0 saturated carbocycles. The SMILES string of the molecule is CF.CF.[C-]#[N+]/C(C#N)=C1\C(=C\c2cc3sc4c(c3s2)C(c2ccc(CCCCCC)cc2)(c2ccc(CCCCCC)cc2)c2c-4sc3c4c(sc23)-c2sc3cc(/C=C5\C(=O)c6ccccc6\C5=C(\C#N)[N+]#[C-])sc3c2C4(c2ccc(CCCCCC)cc2)c2ccc(CCCCCC)cc2)C(=O)c2ccccc21. The highest BCUT2D eigenvalue weighted by Gasteiger charge is 2.56. The van der Waals surface area contributed by atoms with Crippen LogP contribution in [0.1, 0.15) is 239 Å². The number of benzene rings is 6. The van der Waals surface area contributed by atoms with Crippen LogP contribution in [0.4, 0.5) is 8.78 Å². The van der Waals surface area contributed by atoms with E-state index >= 15 is 0 Å². The molecular weight excluding hydrogens is 1470 g/mol. The van der Waals surface area contributed by atoms with Crippen LogP contribution >= 0.6 is 68.0 Å². The van der Waals surface area contributed by atoms with Gasteiger partial charge in [0.05, 0.1) is 88.8 Å². The van der Waals surface area contributed by atoms with Gasteiger partial charge in [-0.05, 0) is 131 Å². The molecule has 6 aromatic heterocycles. The average Bonchev–Trinajstić information content (AvgIpc) is 1.48. The van der Waals surface area contributed by atoms with E-state index < -0.39 is 10.8 Å². The van der Waals surface area contributed by atoms with Gasteiger partial charge in [0.15, 0.2) is 11.6 Å². The zero-order chi connectivity index (χ0) is 76.8. The number of hydrogen-bond donors (Lipinski definition) is 0. The summed E-state index contributed by atoms with van der Waals surface area (Å²) in [6.45, 7) is 25.4. The van der Waals surface area contributed by atoms with Crippen LogP contribution in [0.15, 0.2) is 180 Å². The molecule has 0 N–H and O–H groups in total. The molecule has 0 spiro atoms. The number of carbonyl (C=O) groups excluding carboxylic acids is 2. The summed E-state index contributed by atoms with van der Waals surface area (Å²) in [4.78, 5) is 43.6. The third kappa shape index (κ3) is 13.4. The minimum atomic E-state index is -0.801. The molecule has 14 heteroatoms. The van der Waals surface area contributed by atoms with Crippen LogP contribution in [-0.4, -0.2) is 25.9 Å². The molecular formula is C96H86F2N4O2S6. The molecule has 0 aliphatic heterocycles. The molecule has 0 radical (unpaired) electrons. The lowest BCUT2D eigenvalue weighted by molar-refractivity contribution is 0.103. The lowest BCUT2D eigenvalue weighted by Crippen LogP contribution is -2.29. The molecule has 4 aliphatic carbocycles. The van der Waals surface area contributed by atoms with Gasteiger partial charge < -0.3 is 0 Å². The molecule has 4 aliphatic rings. The van der Waals surface area contributed by atoms with Gasteiger partial charge in [0, 0.05) is 74.8 Å². The van der Waals surface area contributed by atoms with E-state index in [0.717, 1.165) is 70.5 Å². The third-order valence-corrected chi connectivity index (χ3v) is 30.0. The average molecular weight is 1560 g/mol. The Labute approximate surface area is 669 Å². The number of nitriles is 2. The van der Waals surface area contributed by atoms with Gasteiger partial charge in [-0.1, -0.05) is 250 Å². The van der Waals surface area contributed by atoms with Crippen molar-refractivity contribution in [3.8, 4) is 31.6 Å². The summed E-state index contributed by atoms with van der Waals surface area (Å²) in [6, 6.07) is 62.4. The number of unbranched alkanes of at least 4 members (excludes halogenated alkanes) is 12. The zero-order valence-corrected chi connectivity index (χ0v) is 68.0. The summed E-state index contributed by atoms with van der Waals surface area (Å²) < 4.78 is 26.2. The number of ketones is 2. The van der Waals surface area contributed by atoms with E-state index in [1.807, 2.05) is 93.9 Å². The molecule has 552 valence electrons. The minimum absolute atomic E-state index is 0.0864. The first kappa shape index (κ1) is 77.2. The number of hydrogen-bond acceptors (Lipinski definition) is 10. The molecule has 0 atom stereocenters. The normalized spacial score (nSPS) is 15.5. The van der Waals surface area contributed by atoms with Crippen molar-refractivity contribution >= 4 is 131 Å². The van der Waals surface area contributed by atoms with Gasteiger partial charge in [-0.2, -0.15) is 0 Å². The van der Waals surface area contributed by atoms with Crippen molar-refractivity contribution in [2.75, 3.05) is 14.4 Å². The van der Waals surface area contributed by atoms with Crippen LogP contribution in [0.2, 0.25) is 0 Å². The maximum absolute atomic E-state index is 14.6. The summed E-state index contributed by atoms with van der Waals surface area (Å²) in [5, 5.41) is 20.9. The Morgan fingerprint density at radius 2 is 0.664 bits per heavy atom. The summed E-state index contributed by atoms with van der Waals surface area (Å²) in [6.07, 6.45) is 26.9. The second-order valence-corrected chi connectivity index (χ2v) is 35.2. The number of thiophene rings is 6. The molecule has 0 fully saturated rings. The van der Waals surface area contributed by atoms with Crippen molar-refractivity contribution in [2.24, 2.45) is 0 Å². The number of carbonyl (C=O) groups is 2. The Balaban J connectivity index is 0.00000248. The summed E-state index contributed by atoms with van der Waals surface area (Å²) in [7, 11) is 1.00. The molecule has 12 aromatic rings. The highest BCUT2D eigenvalue weighted by atomic mass is 32.1. The summed E-state index contributed by atoms with van der Waals surface area (Å²) in [5.74, 6) is -0.355. The van der Waals surface area contributed by atoms with Crippen LogP contribution in [0.3, 0.4) is 0 Å². The largest absolute Gasteiger partial charge is 0.289 e. The van der Waals surface area contributed by atoms with E-state index in [0.29, 0.717) is 58.9 Å². The first-order chi connectivity index (χ1) is 54.1. The number of aryl methyl sites for hydroxylation is 4. The van der Waals surface area contributed by atoms with Crippen molar-refractivity contribution in [3.05, 3.63) is 302 Å². The topological polar surface area (TPSA) is 90.4 Å². The van der Waals surface area contributed by atoms with Crippen molar-refractivity contribution in [1.29, 1.82) is 10.5 Å². The quantitative estimate of drug-likeness (QED) is 0.0234. The van der Waals surface area contributed by atoms with Crippen molar-refractivity contribution in [1.82, 2.24) is 0 Å². The van der Waals surface area contributed by atoms with Crippen molar-refractivity contribution in [3.63, 3.8) is 0 Å². The number of rotatable bonds is 26. The van der Waals surface area contributed by atoms with Crippen LogP contribution < -0.4 is 0 Å². The van der Waals surface area contributed by atoms with E-state index in [1.165, 1.54) is 182 Å². The maximum Gasteiger partial charge on any atom is 0.270 e. The molecule has 0 bridgehead atoms. The van der Waals surface area contributed by atoms with E-state index in [-0.39, 0.29) is 23.0 Å². The lowest BCUT2D eigenvalue weighted by Gasteiger charge is -2.34. The number of alkyl halides is 2. The predicted molar refractivity (Wildman–Crippen MR) is 462 cm³/mol. The number of nitrogens with zero attached hydrogens (tertiary/aromatic N) is 4. The standard InChI is InChI=1S/C94H80N4O2S6.2CH3F/c1-7-11-15-19-27-57-35-43-61(44-36-57)93(62-45-37-58(38-46-62)28-20-16-12-8-2)79-85-75(53-65(101-85)51-71-77(73(55-95)97-5)67-31-23-25-33-69(67)83(71)99)103-87(79)89-81(93)91-92(105-89)82-90(106-91)88-80(86-76(104-88)54-66(102-86)52-72-78(74(56-96)98-6)68-32-24-26-34-70(68)84(72)100)94(82,63-47-39-59(40-48-63)29-21-17-13-9-3)64-49-41-60(42-50-64)30-22-18-14-10-4;2*1-2/h23-26,31-54H,7-22,27-30H2,1-4H3;2*1H3/b71-51-,72-52-,77-73-,78-74+;;. The predicted octanol–water partition coefficient (Wildman–Crippen LogP) is 28.8. The highest BCUT2D eigenvalue weighted by molar-refractivity contribution is 7.37. The Morgan fingerprint density at radius 3 is 0.945 bits per heavy atom. The third-order valence-electron chi connectivity index (χ3n) is 22.4. The van der Waals surface area contributed by atoms with Crippen LogP contribution in [0.5, 0.6) is 0 Å². The fourth-order valence-electron chi connectivity index (χ4n) is 17.3. The smallest absolute Gasteiger partial charge is 0.270 e. The van der Waals surface area contributed by atoms with Gasteiger partial charge in [-0.15, -0.1) is 68.0 Å². The Morgan fingerprint density at radius 1 is 0.382 bits per heavy atom. The van der Waals surface area contributed by atoms with Gasteiger partial charge in [-0.25, -0.2) is 20.2 Å². The Kier molecular flexibility index (Phi) is 23.8. The molecule has 0 saturated heterocycles. The maximum atomic E-state index is 14.6. The minimum Gasteiger partial charge on any atom is -0.289 e. The summed E-state index contributed by atoms with van der Waals surface area (Å²) >= 11 is 11.1. The lowest BCUT2D eigenvalue weighted by atomic mass is 9.67. The highest BCUT2D eigenvalue weighted by Crippen LogP contribution is 2.72. The fourth-order valence-corrected chi connectivity index (χ4v) is 26.1. The first-order valence-corrected chi connectivity index (χ1v) is 43.6. The molecule has 0 amide bonds. The number of allylic oxidation sites excluding steroid dienone is 6. The number of halogens is 2. The van der Waals surface area contributed by atoms with Crippen molar-refractivity contribution in [2.45, 2.75) is 167 Å². The molecule has 110 heavy (non-hydrogen) atoms. The number of fused-ring (bicyclic) bond motifs is 15. The summed E-state index contributed by atoms with van der Waals surface area (Å²) in [5.41, 5.74) is 17.5. The van der Waals surface area contributed by atoms with Gasteiger partial charge in [-0.3, -0.25) is 18.4 Å². The van der Waals surface area contributed by atoms with E-state index in [9.17, 15) is 28.9 Å².